The Morgan fingerprint density at radius 3 is 2.37 bits per heavy atom. The van der Waals surface area contributed by atoms with Crippen LogP contribution < -0.4 is 5.32 Å². The van der Waals surface area contributed by atoms with Gasteiger partial charge in [0.1, 0.15) is 6.10 Å². The highest BCUT2D eigenvalue weighted by molar-refractivity contribution is 5.89. The van der Waals surface area contributed by atoms with Crippen LogP contribution in [-0.4, -0.2) is 30.2 Å². The average molecular weight is 265 g/mol. The fraction of sp³-hybridized carbons (Fsp3) is 0.429. The summed E-state index contributed by atoms with van der Waals surface area (Å²) in [5, 5.41) is 12.1. The summed E-state index contributed by atoms with van der Waals surface area (Å²) < 4.78 is 4.91. The second-order valence-electron chi connectivity index (χ2n) is 4.30. The molecule has 0 aliphatic carbocycles. The van der Waals surface area contributed by atoms with Crippen molar-refractivity contribution in [2.24, 2.45) is 0 Å². The Balaban J connectivity index is 3.14. The van der Waals surface area contributed by atoms with Crippen LogP contribution in [0.25, 0.3) is 0 Å². The molecule has 5 nitrogen and oxygen atoms in total. The zero-order valence-electron chi connectivity index (χ0n) is 11.3. The lowest BCUT2D eigenvalue weighted by Crippen LogP contribution is -2.54. The number of amides is 1. The molecule has 0 aliphatic rings. The van der Waals surface area contributed by atoms with Gasteiger partial charge in [0.2, 0.25) is 5.91 Å². The highest BCUT2D eigenvalue weighted by Crippen LogP contribution is 2.25. The number of benzene rings is 1. The minimum Gasteiger partial charge on any atom is -0.479 e. The first kappa shape index (κ1) is 15.2. The molecule has 0 heterocycles. The van der Waals surface area contributed by atoms with Gasteiger partial charge in [0.25, 0.3) is 0 Å². The van der Waals surface area contributed by atoms with E-state index in [-0.39, 0.29) is 6.42 Å². The summed E-state index contributed by atoms with van der Waals surface area (Å²) in [6.07, 6.45) is -0.455. The van der Waals surface area contributed by atoms with Gasteiger partial charge in [-0.25, -0.2) is 4.79 Å². The molecule has 1 aromatic carbocycles. The van der Waals surface area contributed by atoms with E-state index in [0.717, 1.165) is 0 Å². The van der Waals surface area contributed by atoms with Gasteiger partial charge >= 0.3 is 5.97 Å². The van der Waals surface area contributed by atoms with E-state index in [9.17, 15) is 14.7 Å². The molecule has 2 unspecified atom stereocenters. The van der Waals surface area contributed by atoms with E-state index in [1.807, 2.05) is 0 Å². The molecule has 19 heavy (non-hydrogen) atoms. The van der Waals surface area contributed by atoms with Crippen LogP contribution in [0.1, 0.15) is 25.8 Å². The van der Waals surface area contributed by atoms with Crippen molar-refractivity contribution < 1.29 is 19.4 Å². The van der Waals surface area contributed by atoms with Crippen LogP contribution in [0.3, 0.4) is 0 Å². The van der Waals surface area contributed by atoms with E-state index in [2.05, 4.69) is 5.32 Å². The van der Waals surface area contributed by atoms with Crippen LogP contribution in [0.5, 0.6) is 0 Å². The quantitative estimate of drug-likeness (QED) is 0.818. The Bertz CT molecular complexity index is 446. The van der Waals surface area contributed by atoms with Crippen molar-refractivity contribution in [2.45, 2.75) is 31.9 Å². The number of nitrogens with one attached hydrogen (secondary N) is 1. The molecular formula is C14H19NO4. The van der Waals surface area contributed by atoms with Gasteiger partial charge in [0, 0.05) is 7.11 Å². The van der Waals surface area contributed by atoms with Crippen LogP contribution in [-0.2, 0) is 19.9 Å². The zero-order valence-corrected chi connectivity index (χ0v) is 11.3. The number of carboxylic acids is 1. The van der Waals surface area contributed by atoms with Crippen LogP contribution in [0.15, 0.2) is 30.3 Å². The third kappa shape index (κ3) is 3.12. The second kappa shape index (κ2) is 6.33. The van der Waals surface area contributed by atoms with Gasteiger partial charge in [0.15, 0.2) is 5.54 Å². The summed E-state index contributed by atoms with van der Waals surface area (Å²) in [5.41, 5.74) is -0.882. The lowest BCUT2D eigenvalue weighted by molar-refractivity contribution is -0.150. The van der Waals surface area contributed by atoms with Crippen molar-refractivity contribution in [1.82, 2.24) is 5.32 Å². The molecule has 0 bridgehead atoms. The maximum absolute atomic E-state index is 11.9. The Morgan fingerprint density at radius 1 is 1.37 bits per heavy atom. The predicted molar refractivity (Wildman–Crippen MR) is 70.7 cm³/mol. The summed E-state index contributed by atoms with van der Waals surface area (Å²) in [5.74, 6) is -1.53. The van der Waals surface area contributed by atoms with Gasteiger partial charge in [-0.2, -0.15) is 0 Å². The van der Waals surface area contributed by atoms with E-state index in [1.165, 1.54) is 7.11 Å². The Hall–Kier alpha value is -1.88. The molecule has 2 N–H and O–H groups in total. The number of hydrogen-bond donors (Lipinski definition) is 2. The van der Waals surface area contributed by atoms with Gasteiger partial charge in [-0.05, 0) is 18.9 Å². The first-order valence-corrected chi connectivity index (χ1v) is 6.11. The van der Waals surface area contributed by atoms with Crippen LogP contribution in [0.2, 0.25) is 0 Å². The minimum atomic E-state index is -1.43. The van der Waals surface area contributed by atoms with Gasteiger partial charge in [-0.15, -0.1) is 0 Å². The number of carbonyl (C=O) groups is 2. The third-order valence-corrected chi connectivity index (χ3v) is 3.22. The van der Waals surface area contributed by atoms with Crippen molar-refractivity contribution in [3.8, 4) is 0 Å². The number of carbonyl (C=O) groups excluding carboxylic acids is 1. The molecule has 0 aromatic heterocycles. The largest absolute Gasteiger partial charge is 0.479 e. The second-order valence-corrected chi connectivity index (χ2v) is 4.30. The first-order chi connectivity index (χ1) is 8.97. The fourth-order valence-corrected chi connectivity index (χ4v) is 1.83. The smallest absolute Gasteiger partial charge is 0.334 e. The molecule has 1 aromatic rings. The molecule has 0 aliphatic heterocycles. The van der Waals surface area contributed by atoms with E-state index in [0.29, 0.717) is 5.56 Å². The van der Waals surface area contributed by atoms with Crippen molar-refractivity contribution in [2.75, 3.05) is 7.11 Å². The summed E-state index contributed by atoms with van der Waals surface area (Å²) >= 11 is 0. The lowest BCUT2D eigenvalue weighted by atomic mass is 9.87. The molecule has 1 amide bonds. The van der Waals surface area contributed by atoms with E-state index in [1.54, 1.807) is 44.2 Å². The SMILES string of the molecule is CCC(NC(=O)C(C)OC)(C(=O)O)c1ccccc1. The van der Waals surface area contributed by atoms with Gasteiger partial charge in [-0.3, -0.25) is 4.79 Å². The Kier molecular flexibility index (Phi) is 5.06. The number of methoxy groups -OCH3 is 1. The number of carboxylic acid groups (broad SMARTS) is 1. The first-order valence-electron chi connectivity index (χ1n) is 6.11. The van der Waals surface area contributed by atoms with E-state index in [4.69, 9.17) is 4.74 Å². The summed E-state index contributed by atoms with van der Waals surface area (Å²) in [4.78, 5) is 23.6. The molecule has 0 spiro atoms. The number of aliphatic carboxylic acids is 1. The molecule has 0 saturated carbocycles. The maximum Gasteiger partial charge on any atom is 0.334 e. The van der Waals surface area contributed by atoms with Crippen LogP contribution >= 0.6 is 0 Å². The van der Waals surface area contributed by atoms with Gasteiger partial charge in [-0.1, -0.05) is 37.3 Å². The molecule has 5 heteroatoms. The molecule has 0 fully saturated rings. The molecular weight excluding hydrogens is 246 g/mol. The Morgan fingerprint density at radius 2 is 1.95 bits per heavy atom. The normalized spacial score (nSPS) is 15.3. The molecule has 2 atom stereocenters. The molecule has 0 saturated heterocycles. The monoisotopic (exact) mass is 265 g/mol. The van der Waals surface area contributed by atoms with Crippen molar-refractivity contribution in [3.05, 3.63) is 35.9 Å². The van der Waals surface area contributed by atoms with Crippen LogP contribution in [0, 0.1) is 0 Å². The standard InChI is InChI=1S/C14H19NO4/c1-4-14(13(17)18,11-8-6-5-7-9-11)15-12(16)10(2)19-3/h5-10H,4H2,1-3H3,(H,15,16)(H,17,18). The summed E-state index contributed by atoms with van der Waals surface area (Å²) in [6.45, 7) is 3.29. The summed E-state index contributed by atoms with van der Waals surface area (Å²) in [6, 6.07) is 8.67. The van der Waals surface area contributed by atoms with E-state index >= 15 is 0 Å². The molecule has 104 valence electrons. The van der Waals surface area contributed by atoms with Crippen molar-refractivity contribution >= 4 is 11.9 Å². The fourth-order valence-electron chi connectivity index (χ4n) is 1.83. The lowest BCUT2D eigenvalue weighted by Gasteiger charge is -2.31. The highest BCUT2D eigenvalue weighted by Gasteiger charge is 2.40. The average Bonchev–Trinajstić information content (AvgIpc) is 2.44. The Labute approximate surface area is 112 Å². The van der Waals surface area contributed by atoms with E-state index < -0.39 is 23.5 Å². The molecule has 0 radical (unpaired) electrons. The van der Waals surface area contributed by atoms with Crippen molar-refractivity contribution in [1.29, 1.82) is 0 Å². The predicted octanol–water partition coefficient (Wildman–Crippen LogP) is 1.53. The van der Waals surface area contributed by atoms with Gasteiger partial charge in [0.05, 0.1) is 0 Å². The van der Waals surface area contributed by atoms with Gasteiger partial charge < -0.3 is 15.2 Å². The zero-order chi connectivity index (χ0) is 14.5. The summed E-state index contributed by atoms with van der Waals surface area (Å²) in [7, 11) is 1.40. The highest BCUT2D eigenvalue weighted by atomic mass is 16.5. The number of ether oxygens (including phenoxy) is 1. The van der Waals surface area contributed by atoms with Crippen molar-refractivity contribution in [3.63, 3.8) is 0 Å². The third-order valence-electron chi connectivity index (χ3n) is 3.22. The number of rotatable bonds is 6. The topological polar surface area (TPSA) is 75.6 Å². The van der Waals surface area contributed by atoms with Crippen LogP contribution in [0.4, 0.5) is 0 Å². The minimum absolute atomic E-state index is 0.245. The molecule has 1 rings (SSSR count). The maximum atomic E-state index is 11.9. The number of hydrogen-bond acceptors (Lipinski definition) is 3.